The zero-order valence-electron chi connectivity index (χ0n) is 9.62. The molecule has 0 saturated heterocycles. The quantitative estimate of drug-likeness (QED) is 0.679. The highest BCUT2D eigenvalue weighted by Gasteiger charge is 2.08. The van der Waals surface area contributed by atoms with Crippen LogP contribution in [0.2, 0.25) is 0 Å². The first-order valence-corrected chi connectivity index (χ1v) is 5.24. The molecule has 1 aromatic heterocycles. The summed E-state index contributed by atoms with van der Waals surface area (Å²) in [6, 6.07) is 0.370. The Kier molecular flexibility index (Phi) is 5.28. The van der Waals surface area contributed by atoms with Crippen molar-refractivity contribution in [3.8, 4) is 0 Å². The van der Waals surface area contributed by atoms with E-state index in [0.29, 0.717) is 11.9 Å². The van der Waals surface area contributed by atoms with E-state index in [1.807, 2.05) is 7.05 Å². The number of ether oxygens (including phenoxy) is 1. The summed E-state index contributed by atoms with van der Waals surface area (Å²) in [6.45, 7) is 2.81. The Bertz CT molecular complexity index is 275. The van der Waals surface area contributed by atoms with Crippen molar-refractivity contribution in [1.82, 2.24) is 15.5 Å². The van der Waals surface area contributed by atoms with Crippen LogP contribution in [0.15, 0.2) is 4.52 Å². The summed E-state index contributed by atoms with van der Waals surface area (Å²) in [7, 11) is 3.61. The lowest BCUT2D eigenvalue weighted by molar-refractivity contribution is 0.192. The number of aromatic nitrogens is 2. The minimum atomic E-state index is 0.370. The van der Waals surface area contributed by atoms with Crippen LogP contribution in [0, 0.1) is 0 Å². The lowest BCUT2D eigenvalue weighted by Gasteiger charge is -2.04. The predicted octanol–water partition coefficient (Wildman–Crippen LogP) is 0.799. The normalized spacial score (nSPS) is 13.0. The Morgan fingerprint density at radius 3 is 3.00 bits per heavy atom. The fraction of sp³-hybridized carbons (Fsp3) is 0.800. The Morgan fingerprint density at radius 1 is 1.53 bits per heavy atom. The molecule has 5 heteroatoms. The van der Waals surface area contributed by atoms with E-state index in [9.17, 15) is 0 Å². The first kappa shape index (κ1) is 12.1. The van der Waals surface area contributed by atoms with E-state index in [0.717, 1.165) is 31.7 Å². The number of methoxy groups -OCH3 is 1. The van der Waals surface area contributed by atoms with Crippen LogP contribution in [0.5, 0.6) is 0 Å². The molecule has 0 aliphatic rings. The number of hydrogen-bond acceptors (Lipinski definition) is 5. The molecule has 1 atom stereocenters. The monoisotopic (exact) mass is 213 g/mol. The Balaban J connectivity index is 2.35. The van der Waals surface area contributed by atoms with Gasteiger partial charge < -0.3 is 14.6 Å². The lowest BCUT2D eigenvalue weighted by atomic mass is 10.2. The molecule has 0 fully saturated rings. The molecule has 15 heavy (non-hydrogen) atoms. The molecule has 0 saturated carbocycles. The molecule has 0 radical (unpaired) electrons. The van der Waals surface area contributed by atoms with E-state index < -0.39 is 0 Å². The number of likely N-dealkylation sites (N-methyl/N-ethyl adjacent to an activating group) is 1. The topological polar surface area (TPSA) is 60.2 Å². The highest BCUT2D eigenvalue weighted by molar-refractivity contribution is 4.89. The molecular formula is C10H19N3O2. The smallest absolute Gasteiger partial charge is 0.226 e. The summed E-state index contributed by atoms with van der Waals surface area (Å²) in [6.07, 6.45) is 2.50. The summed E-state index contributed by atoms with van der Waals surface area (Å²) < 4.78 is 10.1. The predicted molar refractivity (Wildman–Crippen MR) is 56.7 cm³/mol. The zero-order chi connectivity index (χ0) is 11.1. The maximum atomic E-state index is 5.11. The average molecular weight is 213 g/mol. The fourth-order valence-electron chi connectivity index (χ4n) is 1.22. The summed E-state index contributed by atoms with van der Waals surface area (Å²) in [5.74, 6) is 1.47. The van der Waals surface area contributed by atoms with Gasteiger partial charge in [0.25, 0.3) is 0 Å². The molecule has 1 N–H and O–H groups in total. The summed E-state index contributed by atoms with van der Waals surface area (Å²) in [4.78, 5) is 4.30. The van der Waals surface area contributed by atoms with Crippen LogP contribution in [0.3, 0.4) is 0 Å². The lowest BCUT2D eigenvalue weighted by Crippen LogP contribution is -2.24. The van der Waals surface area contributed by atoms with Crippen molar-refractivity contribution in [3.05, 3.63) is 11.7 Å². The van der Waals surface area contributed by atoms with Gasteiger partial charge in [-0.1, -0.05) is 5.16 Å². The van der Waals surface area contributed by atoms with Crippen LogP contribution in [-0.4, -0.2) is 36.9 Å². The van der Waals surface area contributed by atoms with Crippen LogP contribution in [0.25, 0.3) is 0 Å². The van der Waals surface area contributed by atoms with Crippen molar-refractivity contribution in [1.29, 1.82) is 0 Å². The molecule has 5 nitrogen and oxygen atoms in total. The van der Waals surface area contributed by atoms with Gasteiger partial charge in [-0.3, -0.25) is 0 Å². The van der Waals surface area contributed by atoms with E-state index in [-0.39, 0.29) is 0 Å². The first-order chi connectivity index (χ1) is 7.26. The van der Waals surface area contributed by atoms with Gasteiger partial charge in [0.2, 0.25) is 5.89 Å². The molecule has 1 aromatic rings. The van der Waals surface area contributed by atoms with Crippen LogP contribution in [-0.2, 0) is 17.6 Å². The van der Waals surface area contributed by atoms with Gasteiger partial charge in [-0.15, -0.1) is 0 Å². The maximum absolute atomic E-state index is 5.11. The molecule has 0 amide bonds. The van der Waals surface area contributed by atoms with Gasteiger partial charge >= 0.3 is 0 Å². The Hall–Kier alpha value is -0.940. The molecule has 0 aromatic carbocycles. The second-order valence-corrected chi connectivity index (χ2v) is 3.59. The van der Waals surface area contributed by atoms with Gasteiger partial charge in [-0.25, -0.2) is 0 Å². The fourth-order valence-corrected chi connectivity index (χ4v) is 1.22. The average Bonchev–Trinajstić information content (AvgIpc) is 2.66. The third kappa shape index (κ3) is 4.40. The molecule has 86 valence electrons. The maximum Gasteiger partial charge on any atom is 0.226 e. The van der Waals surface area contributed by atoms with E-state index in [1.165, 1.54) is 0 Å². The van der Waals surface area contributed by atoms with Gasteiger partial charge in [0, 0.05) is 32.6 Å². The molecule has 1 heterocycles. The van der Waals surface area contributed by atoms with E-state index in [4.69, 9.17) is 9.26 Å². The minimum absolute atomic E-state index is 0.370. The van der Waals surface area contributed by atoms with Crippen molar-refractivity contribution in [2.24, 2.45) is 0 Å². The van der Waals surface area contributed by atoms with Crippen LogP contribution in [0.4, 0.5) is 0 Å². The standard InChI is InChI=1S/C10H19N3O2/c1-8(11-2)7-9-12-10(15-13-9)5-4-6-14-3/h8,11H,4-7H2,1-3H3. The second-order valence-electron chi connectivity index (χ2n) is 3.59. The molecule has 1 unspecified atom stereocenters. The number of hydrogen-bond donors (Lipinski definition) is 1. The van der Waals surface area contributed by atoms with Crippen molar-refractivity contribution >= 4 is 0 Å². The van der Waals surface area contributed by atoms with Crippen LogP contribution in [0.1, 0.15) is 25.1 Å². The zero-order valence-corrected chi connectivity index (χ0v) is 9.62. The number of aryl methyl sites for hydroxylation is 1. The van der Waals surface area contributed by atoms with Gasteiger partial charge in [0.15, 0.2) is 5.82 Å². The van der Waals surface area contributed by atoms with Gasteiger partial charge in [-0.2, -0.15) is 4.98 Å². The van der Waals surface area contributed by atoms with Crippen molar-refractivity contribution < 1.29 is 9.26 Å². The molecule has 1 rings (SSSR count). The van der Waals surface area contributed by atoms with Crippen LogP contribution >= 0.6 is 0 Å². The summed E-state index contributed by atoms with van der Waals surface area (Å²) >= 11 is 0. The van der Waals surface area contributed by atoms with Crippen molar-refractivity contribution in [3.63, 3.8) is 0 Å². The van der Waals surface area contributed by atoms with Gasteiger partial charge in [0.05, 0.1) is 0 Å². The van der Waals surface area contributed by atoms with E-state index >= 15 is 0 Å². The molecule has 0 aliphatic heterocycles. The molecule has 0 aliphatic carbocycles. The molecule has 0 bridgehead atoms. The largest absolute Gasteiger partial charge is 0.385 e. The third-order valence-corrected chi connectivity index (χ3v) is 2.23. The highest BCUT2D eigenvalue weighted by Crippen LogP contribution is 2.03. The Labute approximate surface area is 90.2 Å². The summed E-state index contributed by atoms with van der Waals surface area (Å²) in [5, 5.41) is 7.05. The summed E-state index contributed by atoms with van der Waals surface area (Å²) in [5.41, 5.74) is 0. The molecule has 0 spiro atoms. The van der Waals surface area contributed by atoms with Crippen LogP contribution < -0.4 is 5.32 Å². The van der Waals surface area contributed by atoms with E-state index in [1.54, 1.807) is 7.11 Å². The second kappa shape index (κ2) is 6.53. The number of rotatable bonds is 7. The first-order valence-electron chi connectivity index (χ1n) is 5.24. The number of nitrogens with zero attached hydrogens (tertiary/aromatic N) is 2. The third-order valence-electron chi connectivity index (χ3n) is 2.23. The SMILES string of the molecule is CNC(C)Cc1noc(CCCOC)n1. The van der Waals surface area contributed by atoms with Gasteiger partial charge in [-0.05, 0) is 20.4 Å². The van der Waals surface area contributed by atoms with Crippen molar-refractivity contribution in [2.45, 2.75) is 32.2 Å². The van der Waals surface area contributed by atoms with Gasteiger partial charge in [0.1, 0.15) is 0 Å². The highest BCUT2D eigenvalue weighted by atomic mass is 16.5. The van der Waals surface area contributed by atoms with Crippen molar-refractivity contribution in [2.75, 3.05) is 20.8 Å². The Morgan fingerprint density at radius 2 is 2.33 bits per heavy atom. The van der Waals surface area contributed by atoms with E-state index in [2.05, 4.69) is 22.4 Å². The number of nitrogens with one attached hydrogen (secondary N) is 1. The minimum Gasteiger partial charge on any atom is -0.385 e. The molecular weight excluding hydrogens is 194 g/mol.